The van der Waals surface area contributed by atoms with Gasteiger partial charge in [-0.3, -0.25) is 9.69 Å². The second kappa shape index (κ2) is 12.2. The second-order valence-corrected chi connectivity index (χ2v) is 9.78. The Morgan fingerprint density at radius 2 is 1.67 bits per heavy atom. The molecule has 2 heterocycles. The summed E-state index contributed by atoms with van der Waals surface area (Å²) in [6, 6.07) is 26.2. The van der Waals surface area contributed by atoms with Gasteiger partial charge in [-0.1, -0.05) is 89.7 Å². The van der Waals surface area contributed by atoms with Crippen LogP contribution in [0.25, 0.3) is 10.2 Å². The summed E-state index contributed by atoms with van der Waals surface area (Å²) in [5.74, 6) is 0.00234. The van der Waals surface area contributed by atoms with Gasteiger partial charge < -0.3 is 4.57 Å². The number of nitrogens with zero attached hydrogens (tertiary/aromatic N) is 4. The van der Waals surface area contributed by atoms with E-state index >= 15 is 0 Å². The molecule has 0 spiro atoms. The maximum atomic E-state index is 13.9. The topological polar surface area (TPSA) is 51.0 Å². The molecule has 0 atom stereocenters. The number of benzene rings is 3. The number of imidazole rings is 1. The summed E-state index contributed by atoms with van der Waals surface area (Å²) in [5, 5.41) is 1.28. The Morgan fingerprint density at radius 1 is 0.972 bits per heavy atom. The number of hydrogen-bond donors (Lipinski definition) is 0. The van der Waals surface area contributed by atoms with Crippen LogP contribution in [-0.4, -0.2) is 27.0 Å². The van der Waals surface area contributed by atoms with Crippen molar-refractivity contribution in [1.82, 2.24) is 14.5 Å². The summed E-state index contributed by atoms with van der Waals surface area (Å²) in [5.41, 5.74) is 2.99. The van der Waals surface area contributed by atoms with E-state index in [0.717, 1.165) is 34.3 Å². The first-order chi connectivity index (χ1) is 17.2. The summed E-state index contributed by atoms with van der Waals surface area (Å²) >= 11 is 7.91. The molecular weight excluding hydrogens is 511 g/mol. The molecular formula is C28H26Cl2N4OS. The Balaban J connectivity index is 0.00000304. The fraction of sp³-hybridized carbons (Fsp3) is 0.179. The van der Waals surface area contributed by atoms with Crippen LogP contribution in [0.4, 0.5) is 5.13 Å². The number of para-hydroxylation sites is 1. The number of halogens is 2. The van der Waals surface area contributed by atoms with Crippen LogP contribution >= 0.6 is 35.3 Å². The van der Waals surface area contributed by atoms with E-state index in [1.165, 1.54) is 11.3 Å². The first-order valence-corrected chi connectivity index (χ1v) is 12.8. The summed E-state index contributed by atoms with van der Waals surface area (Å²) in [6.07, 6.45) is 6.63. The zero-order valence-corrected chi connectivity index (χ0v) is 21.9. The van der Waals surface area contributed by atoms with Gasteiger partial charge in [0.1, 0.15) is 5.52 Å². The lowest BCUT2D eigenvalue weighted by molar-refractivity contribution is -0.118. The molecule has 5 aromatic rings. The molecule has 0 N–H and O–H groups in total. The summed E-state index contributed by atoms with van der Waals surface area (Å²) < 4.78 is 3.00. The van der Waals surface area contributed by atoms with Gasteiger partial charge >= 0.3 is 0 Å². The molecule has 5 nitrogen and oxygen atoms in total. The Morgan fingerprint density at radius 3 is 2.28 bits per heavy atom. The fourth-order valence-corrected chi connectivity index (χ4v) is 5.57. The number of aromatic nitrogens is 3. The number of fused-ring (bicyclic) bond motifs is 1. The van der Waals surface area contributed by atoms with Crippen LogP contribution in [0.5, 0.6) is 0 Å². The Bertz CT molecular complexity index is 1350. The molecule has 0 radical (unpaired) electrons. The Hall–Kier alpha value is -3.19. The third-order valence-electron chi connectivity index (χ3n) is 6.03. The molecule has 0 saturated heterocycles. The number of thiazole rings is 1. The van der Waals surface area contributed by atoms with Crippen LogP contribution in [0.3, 0.4) is 0 Å². The van der Waals surface area contributed by atoms with Crippen molar-refractivity contribution >= 4 is 56.6 Å². The number of hydrogen-bond acceptors (Lipinski definition) is 4. The highest BCUT2D eigenvalue weighted by molar-refractivity contribution is 7.22. The molecule has 0 bridgehead atoms. The van der Waals surface area contributed by atoms with Crippen molar-refractivity contribution < 1.29 is 4.79 Å². The molecule has 0 fully saturated rings. The van der Waals surface area contributed by atoms with E-state index in [2.05, 4.69) is 29.2 Å². The zero-order valence-electron chi connectivity index (χ0n) is 19.5. The van der Waals surface area contributed by atoms with E-state index in [0.29, 0.717) is 23.1 Å². The van der Waals surface area contributed by atoms with Crippen LogP contribution in [0.2, 0.25) is 5.02 Å². The SMILES string of the molecule is Cl.O=C(CC(c1ccccc1)c1ccccc1)N(CCCn1ccnc1)c1nc2c(Cl)cccc2s1. The van der Waals surface area contributed by atoms with Crippen molar-refractivity contribution in [2.24, 2.45) is 0 Å². The number of rotatable bonds is 9. The molecule has 3 aromatic carbocycles. The summed E-state index contributed by atoms with van der Waals surface area (Å²) in [6.45, 7) is 1.33. The van der Waals surface area contributed by atoms with Gasteiger partial charge in [0.2, 0.25) is 5.91 Å². The van der Waals surface area contributed by atoms with Crippen LogP contribution in [0, 0.1) is 0 Å². The molecule has 1 amide bonds. The lowest BCUT2D eigenvalue weighted by Gasteiger charge is -2.24. The molecule has 0 aliphatic carbocycles. The third kappa shape index (κ3) is 5.95. The molecule has 36 heavy (non-hydrogen) atoms. The van der Waals surface area contributed by atoms with Gasteiger partial charge in [0.25, 0.3) is 0 Å². The predicted octanol–water partition coefficient (Wildman–Crippen LogP) is 7.21. The van der Waals surface area contributed by atoms with Crippen molar-refractivity contribution in [1.29, 1.82) is 0 Å². The van der Waals surface area contributed by atoms with E-state index < -0.39 is 0 Å². The van der Waals surface area contributed by atoms with Gasteiger partial charge in [-0.05, 0) is 29.7 Å². The average molecular weight is 538 g/mol. The van der Waals surface area contributed by atoms with E-state index in [1.807, 2.05) is 70.3 Å². The van der Waals surface area contributed by atoms with Crippen LogP contribution in [-0.2, 0) is 11.3 Å². The summed E-state index contributed by atoms with van der Waals surface area (Å²) in [4.78, 5) is 24.6. The zero-order chi connectivity index (χ0) is 24.0. The molecule has 2 aromatic heterocycles. The Kier molecular flexibility index (Phi) is 8.75. The number of aryl methyl sites for hydroxylation is 1. The molecule has 0 saturated carbocycles. The quantitative estimate of drug-likeness (QED) is 0.200. The second-order valence-electron chi connectivity index (χ2n) is 8.36. The average Bonchev–Trinajstić information content (AvgIpc) is 3.57. The minimum atomic E-state index is -0.0426. The van der Waals surface area contributed by atoms with Gasteiger partial charge in [0, 0.05) is 37.8 Å². The first-order valence-electron chi connectivity index (χ1n) is 11.6. The van der Waals surface area contributed by atoms with E-state index in [1.54, 1.807) is 12.5 Å². The normalized spacial score (nSPS) is 10.9. The predicted molar refractivity (Wildman–Crippen MR) is 150 cm³/mol. The van der Waals surface area contributed by atoms with Gasteiger partial charge in [0.15, 0.2) is 5.13 Å². The number of amides is 1. The van der Waals surface area contributed by atoms with Crippen LogP contribution in [0.1, 0.15) is 29.9 Å². The van der Waals surface area contributed by atoms with Crippen molar-refractivity contribution in [3.8, 4) is 0 Å². The minimum Gasteiger partial charge on any atom is -0.337 e. The van der Waals surface area contributed by atoms with Crippen LogP contribution in [0.15, 0.2) is 97.6 Å². The number of carbonyl (C=O) groups is 1. The van der Waals surface area contributed by atoms with Gasteiger partial charge in [-0.25, -0.2) is 9.97 Å². The highest BCUT2D eigenvalue weighted by atomic mass is 35.5. The van der Waals surface area contributed by atoms with Crippen molar-refractivity contribution in [2.45, 2.75) is 25.3 Å². The monoisotopic (exact) mass is 536 g/mol. The Labute approximate surface area is 225 Å². The molecule has 8 heteroatoms. The number of carbonyl (C=O) groups excluding carboxylic acids is 1. The lowest BCUT2D eigenvalue weighted by Crippen LogP contribution is -2.33. The van der Waals surface area contributed by atoms with Gasteiger partial charge in [0.05, 0.1) is 16.0 Å². The number of anilines is 1. The lowest BCUT2D eigenvalue weighted by atomic mass is 9.88. The summed E-state index contributed by atoms with van der Waals surface area (Å²) in [7, 11) is 0. The van der Waals surface area contributed by atoms with Crippen molar-refractivity contribution in [3.63, 3.8) is 0 Å². The largest absolute Gasteiger partial charge is 0.337 e. The molecule has 0 aliphatic heterocycles. The maximum Gasteiger partial charge on any atom is 0.229 e. The van der Waals surface area contributed by atoms with Crippen molar-refractivity contribution in [3.05, 3.63) is 114 Å². The minimum absolute atomic E-state index is 0. The fourth-order valence-electron chi connectivity index (χ4n) is 4.26. The van der Waals surface area contributed by atoms with E-state index in [4.69, 9.17) is 16.6 Å². The van der Waals surface area contributed by atoms with Crippen molar-refractivity contribution in [2.75, 3.05) is 11.4 Å². The molecule has 0 aliphatic rings. The highest BCUT2D eigenvalue weighted by Crippen LogP contribution is 2.35. The van der Waals surface area contributed by atoms with Crippen LogP contribution < -0.4 is 4.90 Å². The molecule has 0 unspecified atom stereocenters. The third-order valence-corrected chi connectivity index (χ3v) is 7.38. The smallest absolute Gasteiger partial charge is 0.229 e. The standard InChI is InChI=1S/C28H25ClN4OS.ClH/c29-24-13-7-14-25-27(24)31-28(35-25)33(17-8-16-32-18-15-30-20-32)26(34)19-23(21-9-3-1-4-10-21)22-11-5-2-6-12-22;/h1-7,9-15,18,20,23H,8,16-17,19H2;1H. The van der Waals surface area contributed by atoms with E-state index in [9.17, 15) is 4.79 Å². The van der Waals surface area contributed by atoms with Gasteiger partial charge in [-0.15, -0.1) is 12.4 Å². The van der Waals surface area contributed by atoms with E-state index in [-0.39, 0.29) is 24.2 Å². The molecule has 184 valence electrons. The maximum absolute atomic E-state index is 13.9. The molecule has 5 rings (SSSR count). The van der Waals surface area contributed by atoms with Gasteiger partial charge in [-0.2, -0.15) is 0 Å². The highest BCUT2D eigenvalue weighted by Gasteiger charge is 2.25. The first kappa shape index (κ1) is 25.9.